The van der Waals surface area contributed by atoms with E-state index in [1.54, 1.807) is 19.9 Å². The molecule has 52 heavy (non-hydrogen) atoms. The van der Waals surface area contributed by atoms with Crippen molar-refractivity contribution in [2.75, 3.05) is 44.0 Å². The highest BCUT2D eigenvalue weighted by atomic mass is 32.2. The van der Waals surface area contributed by atoms with Crippen LogP contribution >= 0.6 is 0 Å². The number of carbonyl (C=O) groups is 2. The van der Waals surface area contributed by atoms with E-state index in [9.17, 15) is 36.3 Å². The summed E-state index contributed by atoms with van der Waals surface area (Å²) in [6.45, 7) is 8.41. The van der Waals surface area contributed by atoms with Gasteiger partial charge >= 0.3 is 12.2 Å². The molecule has 13 nitrogen and oxygen atoms in total. The van der Waals surface area contributed by atoms with Crippen molar-refractivity contribution < 1.29 is 50.3 Å². The van der Waals surface area contributed by atoms with Crippen molar-refractivity contribution in [1.82, 2.24) is 14.4 Å². The quantitative estimate of drug-likeness (QED) is 0.248. The highest BCUT2D eigenvalue weighted by molar-refractivity contribution is 7.89. The number of nitrogens with zero attached hydrogens (tertiary/aromatic N) is 3. The summed E-state index contributed by atoms with van der Waals surface area (Å²) in [6.07, 6.45) is -3.50. The highest BCUT2D eigenvalue weighted by Crippen LogP contribution is 2.31. The van der Waals surface area contributed by atoms with E-state index in [-0.39, 0.29) is 64.8 Å². The number of benzene rings is 2. The van der Waals surface area contributed by atoms with Gasteiger partial charge in [-0.2, -0.15) is 17.5 Å². The first-order valence-corrected chi connectivity index (χ1v) is 18.3. The third-order valence-electron chi connectivity index (χ3n) is 8.85. The zero-order valence-electron chi connectivity index (χ0n) is 30.0. The smallest absolute Gasteiger partial charge is 0.416 e. The van der Waals surface area contributed by atoms with E-state index in [1.165, 1.54) is 35.3 Å². The zero-order valence-corrected chi connectivity index (χ0v) is 30.8. The Hall–Kier alpha value is -4.19. The average Bonchev–Trinajstić information content (AvgIpc) is 3.43. The minimum absolute atomic E-state index is 0.0164. The van der Waals surface area contributed by atoms with Crippen LogP contribution in [0.15, 0.2) is 51.9 Å². The van der Waals surface area contributed by atoms with E-state index in [2.05, 4.69) is 15.8 Å². The van der Waals surface area contributed by atoms with Gasteiger partial charge in [0.15, 0.2) is 5.76 Å². The molecule has 0 bridgehead atoms. The summed E-state index contributed by atoms with van der Waals surface area (Å²) < 4.78 is 84.8. The van der Waals surface area contributed by atoms with Crippen molar-refractivity contribution in [2.45, 2.75) is 83.2 Å². The number of carbonyl (C=O) groups excluding carboxylic acids is 2. The Morgan fingerprint density at radius 1 is 1.10 bits per heavy atom. The lowest BCUT2D eigenvalue weighted by Gasteiger charge is -2.35. The number of ether oxygens (including phenoxy) is 2. The summed E-state index contributed by atoms with van der Waals surface area (Å²) in [4.78, 5) is 28.6. The first kappa shape index (κ1) is 40.6. The number of halogens is 3. The highest BCUT2D eigenvalue weighted by Gasteiger charge is 2.35. The van der Waals surface area contributed by atoms with E-state index in [1.807, 2.05) is 13.8 Å². The fourth-order valence-electron chi connectivity index (χ4n) is 5.85. The number of urea groups is 1. The number of rotatable bonds is 8. The number of alkyl halides is 3. The summed E-state index contributed by atoms with van der Waals surface area (Å²) in [5.74, 6) is -0.528. The van der Waals surface area contributed by atoms with E-state index in [0.29, 0.717) is 19.4 Å². The number of aromatic nitrogens is 1. The van der Waals surface area contributed by atoms with Crippen LogP contribution in [0, 0.1) is 19.8 Å². The number of sulfonamides is 1. The average molecular weight is 754 g/mol. The standard InChI is InChI=1S/C35H46F3N5O8S/c1-21-18-43(22(2)20-44)33(45)29-17-28(40-34(46)39-27-12-10-26(11-13-27)35(36,37)38)14-15-30(29)50-23(3)9-7-8-16-49-31(21)19-42(6)52(47,48)32-24(4)41-51-25(32)5/h10-15,17,21-23,31,44H,7-9,16,18-20H2,1-6H3,(H2,39,40,46)/t21-,22-,23+,31-/m0/s1. The molecule has 2 heterocycles. The van der Waals surface area contributed by atoms with Crippen LogP contribution < -0.4 is 15.4 Å². The summed E-state index contributed by atoms with van der Waals surface area (Å²) in [7, 11) is -2.56. The Bertz CT molecular complexity index is 1780. The number of aliphatic hydroxyl groups is 1. The first-order chi connectivity index (χ1) is 24.4. The zero-order chi connectivity index (χ0) is 38.4. The molecule has 0 saturated heterocycles. The van der Waals surface area contributed by atoms with Crippen LogP contribution in [0.2, 0.25) is 0 Å². The number of anilines is 2. The van der Waals surface area contributed by atoms with Crippen LogP contribution in [0.5, 0.6) is 5.75 Å². The molecule has 4 atom stereocenters. The van der Waals surface area contributed by atoms with Gasteiger partial charge in [0.2, 0.25) is 10.0 Å². The summed E-state index contributed by atoms with van der Waals surface area (Å²) in [6, 6.07) is 7.03. The molecule has 0 saturated carbocycles. The van der Waals surface area contributed by atoms with Gasteiger partial charge in [-0.25, -0.2) is 13.2 Å². The molecule has 0 fully saturated rings. The Morgan fingerprint density at radius 2 is 1.75 bits per heavy atom. The molecule has 2 aromatic carbocycles. The molecule has 286 valence electrons. The van der Waals surface area contributed by atoms with Gasteiger partial charge in [0, 0.05) is 44.0 Å². The monoisotopic (exact) mass is 753 g/mol. The topological polar surface area (TPSA) is 164 Å². The van der Waals surface area contributed by atoms with Gasteiger partial charge in [0.05, 0.1) is 36.0 Å². The van der Waals surface area contributed by atoms with Crippen molar-refractivity contribution in [3.05, 3.63) is 65.0 Å². The molecule has 1 aromatic heterocycles. The minimum Gasteiger partial charge on any atom is -0.490 e. The van der Waals surface area contributed by atoms with Gasteiger partial charge in [-0.1, -0.05) is 12.1 Å². The van der Waals surface area contributed by atoms with E-state index in [0.717, 1.165) is 30.7 Å². The number of amides is 3. The lowest BCUT2D eigenvalue weighted by Crippen LogP contribution is -2.48. The van der Waals surface area contributed by atoms with Crippen LogP contribution in [0.3, 0.4) is 0 Å². The molecule has 3 aromatic rings. The fraction of sp³-hybridized carbons (Fsp3) is 0.514. The second-order valence-electron chi connectivity index (χ2n) is 13.1. The molecule has 0 aliphatic carbocycles. The maximum Gasteiger partial charge on any atom is 0.416 e. The van der Waals surface area contributed by atoms with Gasteiger partial charge in [-0.05, 0) is 89.4 Å². The molecule has 3 N–H and O–H groups in total. The number of fused-ring (bicyclic) bond motifs is 1. The lowest BCUT2D eigenvalue weighted by atomic mass is 10.0. The predicted molar refractivity (Wildman–Crippen MR) is 187 cm³/mol. The minimum atomic E-state index is -4.52. The molecular weight excluding hydrogens is 707 g/mol. The van der Waals surface area contributed by atoms with Gasteiger partial charge in [-0.3, -0.25) is 4.79 Å². The Balaban J connectivity index is 1.61. The van der Waals surface area contributed by atoms with Crippen molar-refractivity contribution >= 4 is 33.3 Å². The van der Waals surface area contributed by atoms with Gasteiger partial charge in [-0.15, -0.1) is 0 Å². The van der Waals surface area contributed by atoms with E-state index >= 15 is 0 Å². The summed E-state index contributed by atoms with van der Waals surface area (Å²) in [5.41, 5.74) is -0.208. The van der Waals surface area contributed by atoms with Crippen LogP contribution in [-0.2, 0) is 20.9 Å². The molecule has 4 rings (SSSR count). The molecule has 0 radical (unpaired) electrons. The van der Waals surface area contributed by atoms with E-state index < -0.39 is 51.8 Å². The molecular formula is C35H46F3N5O8S. The second-order valence-corrected chi connectivity index (χ2v) is 15.1. The number of aliphatic hydroxyl groups excluding tert-OH is 1. The molecule has 3 amide bonds. The van der Waals surface area contributed by atoms with Crippen molar-refractivity contribution in [2.24, 2.45) is 5.92 Å². The first-order valence-electron chi connectivity index (χ1n) is 16.9. The Kier molecular flexibility index (Phi) is 13.3. The van der Waals surface area contributed by atoms with Crippen LogP contribution in [-0.4, -0.2) is 91.4 Å². The van der Waals surface area contributed by atoms with Crippen molar-refractivity contribution in [3.8, 4) is 5.75 Å². The van der Waals surface area contributed by atoms with Gasteiger partial charge in [0.1, 0.15) is 16.3 Å². The predicted octanol–water partition coefficient (Wildman–Crippen LogP) is 6.07. The number of aryl methyl sites for hydroxylation is 2. The van der Waals surface area contributed by atoms with Crippen molar-refractivity contribution in [3.63, 3.8) is 0 Å². The van der Waals surface area contributed by atoms with Gasteiger partial charge in [0.25, 0.3) is 5.91 Å². The molecule has 1 aliphatic rings. The number of hydrogen-bond acceptors (Lipinski definition) is 9. The fourth-order valence-corrected chi connectivity index (χ4v) is 7.32. The summed E-state index contributed by atoms with van der Waals surface area (Å²) >= 11 is 0. The summed E-state index contributed by atoms with van der Waals surface area (Å²) in [5, 5.41) is 19.1. The largest absolute Gasteiger partial charge is 0.490 e. The third kappa shape index (κ3) is 10.0. The number of hydrogen-bond donors (Lipinski definition) is 3. The van der Waals surface area contributed by atoms with Crippen LogP contribution in [0.25, 0.3) is 0 Å². The number of likely N-dealkylation sites (N-methyl/N-ethyl adjacent to an activating group) is 1. The van der Waals surface area contributed by atoms with Crippen LogP contribution in [0.1, 0.15) is 67.4 Å². The van der Waals surface area contributed by atoms with E-state index in [4.69, 9.17) is 14.0 Å². The maximum absolute atomic E-state index is 14.4. The van der Waals surface area contributed by atoms with Crippen molar-refractivity contribution in [1.29, 1.82) is 0 Å². The third-order valence-corrected chi connectivity index (χ3v) is 10.9. The van der Waals surface area contributed by atoms with Crippen LogP contribution in [0.4, 0.5) is 29.3 Å². The Labute approximate surface area is 301 Å². The maximum atomic E-state index is 14.4. The number of nitrogens with one attached hydrogen (secondary N) is 2. The van der Waals surface area contributed by atoms with Gasteiger partial charge < -0.3 is 34.6 Å². The Morgan fingerprint density at radius 3 is 2.37 bits per heavy atom. The lowest BCUT2D eigenvalue weighted by molar-refractivity contribution is -0.137. The SMILES string of the molecule is Cc1noc(C)c1S(=O)(=O)N(C)C[C@@H]1OCCCC[C@@H](C)Oc2ccc(NC(=O)Nc3ccc(C(F)(F)F)cc3)cc2C(=O)N([C@@H](C)CO)C[C@@H]1C. The molecule has 17 heteroatoms. The normalized spacial score (nSPS) is 20.1. The second kappa shape index (κ2) is 17.1. The molecule has 0 spiro atoms. The molecule has 0 unspecified atom stereocenters. The molecule has 1 aliphatic heterocycles.